The number of hydrogen-bond donors (Lipinski definition) is 4. The number of carbonyl (C=O) groups is 3. The lowest BCUT2D eigenvalue weighted by atomic mass is 10.0. The van der Waals surface area contributed by atoms with Gasteiger partial charge in [-0.1, -0.05) is 12.1 Å². The van der Waals surface area contributed by atoms with Crippen LogP contribution < -0.4 is 21.3 Å². The molecule has 9 nitrogen and oxygen atoms in total. The number of nitrogens with zero attached hydrogens (tertiary/aromatic N) is 2. The standard InChI is InChI=1S/C24H30N6O3S/c1-34-20-6-2-5-17(10-20)28-24(33)29-18-11-21-23(32)27-14-19(30(21)15-18)7-8-22(31)26-13-16-4-3-9-25-12-16/h2-6,9-10,12,18-19,21H,7-8,11,13-15H2,1H3,(H,26,31)(H,27,32)(H2,28,29,33)/t18-,19+,21-/m0/s1. The van der Waals surface area contributed by atoms with Crippen molar-refractivity contribution >= 4 is 35.3 Å². The first kappa shape index (κ1) is 24.0. The van der Waals surface area contributed by atoms with E-state index in [9.17, 15) is 14.4 Å². The van der Waals surface area contributed by atoms with Crippen LogP contribution >= 0.6 is 11.8 Å². The van der Waals surface area contributed by atoms with E-state index in [1.165, 1.54) is 0 Å². The van der Waals surface area contributed by atoms with Crippen LogP contribution in [0.1, 0.15) is 24.8 Å². The van der Waals surface area contributed by atoms with E-state index < -0.39 is 0 Å². The monoisotopic (exact) mass is 482 g/mol. The van der Waals surface area contributed by atoms with Gasteiger partial charge in [0.05, 0.1) is 6.04 Å². The van der Waals surface area contributed by atoms with Crippen LogP contribution in [-0.2, 0) is 16.1 Å². The number of piperazine rings is 1. The van der Waals surface area contributed by atoms with Gasteiger partial charge in [0.1, 0.15) is 0 Å². The van der Waals surface area contributed by atoms with Gasteiger partial charge in [-0.15, -0.1) is 11.8 Å². The molecule has 4 amide bonds. The van der Waals surface area contributed by atoms with Crippen LogP contribution in [0.4, 0.5) is 10.5 Å². The van der Waals surface area contributed by atoms with Crippen molar-refractivity contribution in [3.8, 4) is 0 Å². The summed E-state index contributed by atoms with van der Waals surface area (Å²) < 4.78 is 0. The zero-order chi connectivity index (χ0) is 23.9. The second kappa shape index (κ2) is 11.3. The average Bonchev–Trinajstić information content (AvgIpc) is 3.27. The van der Waals surface area contributed by atoms with Gasteiger partial charge in [-0.2, -0.15) is 0 Å². The third kappa shape index (κ3) is 6.27. The number of aromatic nitrogens is 1. The smallest absolute Gasteiger partial charge is 0.319 e. The molecule has 10 heteroatoms. The Bertz CT molecular complexity index is 1020. The molecule has 4 N–H and O–H groups in total. The number of nitrogens with one attached hydrogen (secondary N) is 4. The molecule has 0 unspecified atom stereocenters. The fraction of sp³-hybridized carbons (Fsp3) is 0.417. The van der Waals surface area contributed by atoms with Crippen molar-refractivity contribution in [2.24, 2.45) is 0 Å². The molecule has 0 saturated carbocycles. The van der Waals surface area contributed by atoms with Crippen molar-refractivity contribution in [1.82, 2.24) is 25.8 Å². The molecule has 0 aliphatic carbocycles. The van der Waals surface area contributed by atoms with Crippen molar-refractivity contribution in [1.29, 1.82) is 0 Å². The molecule has 180 valence electrons. The molecule has 0 radical (unpaired) electrons. The first-order valence-electron chi connectivity index (χ1n) is 11.4. The van der Waals surface area contributed by atoms with Crippen molar-refractivity contribution in [3.05, 3.63) is 54.4 Å². The lowest BCUT2D eigenvalue weighted by molar-refractivity contribution is -0.129. The number of benzene rings is 1. The Hall–Kier alpha value is -3.11. The minimum atomic E-state index is -0.290. The fourth-order valence-electron chi connectivity index (χ4n) is 4.49. The van der Waals surface area contributed by atoms with Gasteiger partial charge in [0.25, 0.3) is 0 Å². The molecule has 3 heterocycles. The fourth-order valence-corrected chi connectivity index (χ4v) is 4.95. The van der Waals surface area contributed by atoms with E-state index in [4.69, 9.17) is 0 Å². The summed E-state index contributed by atoms with van der Waals surface area (Å²) in [7, 11) is 0. The zero-order valence-corrected chi connectivity index (χ0v) is 19.9. The van der Waals surface area contributed by atoms with Crippen LogP contribution in [0.25, 0.3) is 0 Å². The Morgan fingerprint density at radius 3 is 2.94 bits per heavy atom. The highest BCUT2D eigenvalue weighted by molar-refractivity contribution is 7.98. The SMILES string of the molecule is CSc1cccc(NC(=O)N[C@H]2C[C@H]3C(=O)NC[C@@H](CCC(=O)NCc4cccnc4)N3C2)c1. The first-order valence-corrected chi connectivity index (χ1v) is 12.6. The number of hydrogen-bond acceptors (Lipinski definition) is 6. The number of pyridine rings is 1. The highest BCUT2D eigenvalue weighted by Crippen LogP contribution is 2.26. The molecule has 2 fully saturated rings. The summed E-state index contributed by atoms with van der Waals surface area (Å²) in [6.07, 6.45) is 6.97. The minimum Gasteiger partial charge on any atom is -0.353 e. The van der Waals surface area contributed by atoms with E-state index in [-0.39, 0.29) is 36.0 Å². The second-order valence-corrected chi connectivity index (χ2v) is 9.43. The molecule has 1 aromatic heterocycles. The molecule has 2 aromatic rings. The van der Waals surface area contributed by atoms with Gasteiger partial charge >= 0.3 is 6.03 Å². The quantitative estimate of drug-likeness (QED) is 0.428. The Morgan fingerprint density at radius 1 is 1.26 bits per heavy atom. The topological polar surface area (TPSA) is 115 Å². The van der Waals surface area contributed by atoms with Crippen LogP contribution in [0.3, 0.4) is 0 Å². The Balaban J connectivity index is 1.26. The molecule has 4 rings (SSSR count). The maximum Gasteiger partial charge on any atom is 0.319 e. The van der Waals surface area contributed by atoms with Gasteiger partial charge in [0.2, 0.25) is 11.8 Å². The van der Waals surface area contributed by atoms with E-state index in [0.717, 1.165) is 16.1 Å². The summed E-state index contributed by atoms with van der Waals surface area (Å²) >= 11 is 1.61. The Morgan fingerprint density at radius 2 is 2.15 bits per heavy atom. The lowest BCUT2D eigenvalue weighted by Crippen LogP contribution is -2.58. The summed E-state index contributed by atoms with van der Waals surface area (Å²) in [6, 6.07) is 10.8. The lowest BCUT2D eigenvalue weighted by Gasteiger charge is -2.37. The summed E-state index contributed by atoms with van der Waals surface area (Å²) in [5.41, 5.74) is 1.68. The molecular weight excluding hydrogens is 452 g/mol. The maximum atomic E-state index is 12.5. The molecule has 34 heavy (non-hydrogen) atoms. The van der Waals surface area contributed by atoms with Crippen molar-refractivity contribution in [2.75, 3.05) is 24.7 Å². The van der Waals surface area contributed by atoms with Gasteiger partial charge < -0.3 is 21.3 Å². The van der Waals surface area contributed by atoms with Gasteiger partial charge in [0, 0.05) is 61.1 Å². The van der Waals surface area contributed by atoms with Crippen molar-refractivity contribution in [3.63, 3.8) is 0 Å². The second-order valence-electron chi connectivity index (χ2n) is 8.55. The number of carbonyl (C=O) groups excluding carboxylic acids is 3. The number of anilines is 1. The number of urea groups is 1. The zero-order valence-electron chi connectivity index (χ0n) is 19.1. The average molecular weight is 483 g/mol. The summed E-state index contributed by atoms with van der Waals surface area (Å²) in [6.45, 7) is 1.53. The largest absolute Gasteiger partial charge is 0.353 e. The molecule has 0 spiro atoms. The van der Waals surface area contributed by atoms with E-state index in [1.54, 1.807) is 24.2 Å². The minimum absolute atomic E-state index is 0.0188. The molecule has 3 atom stereocenters. The van der Waals surface area contributed by atoms with Gasteiger partial charge in [0.15, 0.2) is 0 Å². The van der Waals surface area contributed by atoms with Crippen LogP contribution in [-0.4, -0.2) is 65.2 Å². The summed E-state index contributed by atoms with van der Waals surface area (Å²) in [4.78, 5) is 44.6. The first-order chi connectivity index (χ1) is 16.5. The van der Waals surface area contributed by atoms with E-state index in [2.05, 4.69) is 31.2 Å². The van der Waals surface area contributed by atoms with Crippen molar-refractivity contribution < 1.29 is 14.4 Å². The van der Waals surface area contributed by atoms with Gasteiger partial charge in [-0.3, -0.25) is 19.5 Å². The highest BCUT2D eigenvalue weighted by Gasteiger charge is 2.43. The third-order valence-electron chi connectivity index (χ3n) is 6.20. The molecule has 1 aromatic carbocycles. The summed E-state index contributed by atoms with van der Waals surface area (Å²) in [5, 5.41) is 11.8. The Labute approximate surface area is 203 Å². The molecule has 2 aliphatic heterocycles. The van der Waals surface area contributed by atoms with Crippen molar-refractivity contribution in [2.45, 2.75) is 48.8 Å². The summed E-state index contributed by atoms with van der Waals surface area (Å²) in [5.74, 6) is -0.0484. The van der Waals surface area contributed by atoms with Crippen LogP contribution in [0.15, 0.2) is 53.7 Å². The van der Waals surface area contributed by atoms with E-state index in [0.29, 0.717) is 38.9 Å². The predicted molar refractivity (Wildman–Crippen MR) is 131 cm³/mol. The number of amides is 4. The highest BCUT2D eigenvalue weighted by atomic mass is 32.2. The molecule has 2 saturated heterocycles. The van der Waals surface area contributed by atoms with Gasteiger partial charge in [-0.05, 0) is 48.9 Å². The van der Waals surface area contributed by atoms with E-state index in [1.807, 2.05) is 42.7 Å². The molecular formula is C24H30N6O3S. The third-order valence-corrected chi connectivity index (χ3v) is 6.93. The van der Waals surface area contributed by atoms with Crippen LogP contribution in [0.5, 0.6) is 0 Å². The van der Waals surface area contributed by atoms with E-state index >= 15 is 0 Å². The Kier molecular flexibility index (Phi) is 8.02. The molecule has 2 aliphatic rings. The van der Waals surface area contributed by atoms with Gasteiger partial charge in [-0.25, -0.2) is 4.79 Å². The van der Waals surface area contributed by atoms with Crippen LogP contribution in [0, 0.1) is 0 Å². The van der Waals surface area contributed by atoms with Crippen LogP contribution in [0.2, 0.25) is 0 Å². The number of rotatable bonds is 8. The molecule has 0 bridgehead atoms. The maximum absolute atomic E-state index is 12.5. The number of fused-ring (bicyclic) bond motifs is 1. The number of thioether (sulfide) groups is 1. The normalized spacial score (nSPS) is 21.9. The predicted octanol–water partition coefficient (Wildman–Crippen LogP) is 1.96.